The van der Waals surface area contributed by atoms with E-state index in [1.807, 2.05) is 30.9 Å². The number of fused-ring (bicyclic) bond motifs is 8. The maximum Gasteiger partial charge on any atom is 0.270 e. The minimum atomic E-state index is -0.216. The Bertz CT molecular complexity index is 5700. The lowest BCUT2D eigenvalue weighted by Crippen LogP contribution is -2.37. The zero-order chi connectivity index (χ0) is 87.6. The molecule has 0 saturated heterocycles. The zero-order valence-electron chi connectivity index (χ0n) is 70.8. The second kappa shape index (κ2) is 37.9. The molecule has 126 heavy (non-hydrogen) atoms. The van der Waals surface area contributed by atoms with Gasteiger partial charge in [-0.3, -0.25) is 39.1 Å². The van der Waals surface area contributed by atoms with Gasteiger partial charge in [-0.25, -0.2) is 37.5 Å². The van der Waals surface area contributed by atoms with Crippen LogP contribution in [0.5, 0.6) is 0 Å². The number of aromatic nitrogens is 8. The number of pyridine rings is 8. The van der Waals surface area contributed by atoms with Gasteiger partial charge in [0.05, 0.1) is 43.8 Å². The topological polar surface area (TPSA) is 243 Å². The van der Waals surface area contributed by atoms with Crippen LogP contribution in [0.25, 0.3) is 43.6 Å². The molecule has 644 valence electrons. The van der Waals surface area contributed by atoms with Crippen LogP contribution in [0.3, 0.4) is 0 Å². The molecule has 23 heteroatoms. The van der Waals surface area contributed by atoms with Gasteiger partial charge in [0.25, 0.3) is 23.6 Å². The van der Waals surface area contributed by atoms with Gasteiger partial charge in [0.15, 0.2) is 0 Å². The third-order valence-electron chi connectivity index (χ3n) is 29.4. The molecule has 4 amide bonds. The van der Waals surface area contributed by atoms with E-state index >= 15 is 0 Å². The largest absolute Gasteiger partial charge is 0.349 e. The maximum absolute atomic E-state index is 13.9. The number of terminal acetylenes is 1. The molecule has 8 aliphatic carbocycles. The van der Waals surface area contributed by atoms with Crippen molar-refractivity contribution in [2.75, 3.05) is 0 Å². The quantitative estimate of drug-likeness (QED) is 0.0400. The van der Waals surface area contributed by atoms with Crippen LogP contribution in [-0.2, 0) is 0 Å². The van der Waals surface area contributed by atoms with Crippen LogP contribution >= 0.6 is 23.2 Å². The molecular formula is C103H101Cl2F4N13O4. The molecule has 20 atom stereocenters. The monoisotopic (exact) mass is 1730 g/mol. The smallest absolute Gasteiger partial charge is 0.270 e. The second-order valence-corrected chi connectivity index (χ2v) is 37.7. The second-order valence-electron chi connectivity index (χ2n) is 36.8. The number of hydrogen-bond donors (Lipinski definition) is 4. The summed E-state index contributed by atoms with van der Waals surface area (Å²) in [7, 11) is 0. The predicted molar refractivity (Wildman–Crippen MR) is 481 cm³/mol. The van der Waals surface area contributed by atoms with E-state index < -0.39 is 0 Å². The van der Waals surface area contributed by atoms with Crippen molar-refractivity contribution in [2.45, 2.75) is 178 Å². The van der Waals surface area contributed by atoms with E-state index in [1.54, 1.807) is 97.1 Å². The van der Waals surface area contributed by atoms with Gasteiger partial charge in [-0.15, -0.1) is 6.42 Å². The Morgan fingerprint density at radius 1 is 0.349 bits per heavy atom. The highest BCUT2D eigenvalue weighted by Gasteiger charge is 2.48. The number of benzene rings is 4. The Kier molecular flexibility index (Phi) is 26.0. The number of halogens is 6. The molecule has 0 bridgehead atoms. The first-order valence-corrected chi connectivity index (χ1v) is 45.2. The maximum atomic E-state index is 13.9. The average molecular weight is 1730 g/mol. The van der Waals surface area contributed by atoms with E-state index in [2.05, 4.69) is 119 Å². The summed E-state index contributed by atoms with van der Waals surface area (Å²) in [4.78, 5) is 84.0. The number of carbonyl (C=O) groups is 4. The number of hydrogen-bond acceptors (Lipinski definition) is 13. The standard InChI is InChI=1S/C27H26FN3O.C26H25FN4O.2C25H25ClFN3O/c1-3-23-6-4-17(15-30-23)27(32)31-16(2)18-10-19-12-21(13-20(19)11-18)24-8-9-29-26-7-5-22(28)14-25(24)26;1-15(31-26(32)16-2-4-22(13-28)30-14-16)17-8-18-10-20(11-19(18)9-17)23-6-7-29-25-5-3-21(27)12-24(23)25;1-14(30-25(31)15-2-5-24(26)29-13-15)16-8-17-10-19(11-18(17)9-16)21-6-7-28-23-4-3-20(27)12-22(21)23;1-14(30-25(31)24-4-2-19(26)13-29-24)15-8-16-10-18(11-17(16)9-15)21-6-7-28-23-5-3-20(27)12-22(21)23/h1,4-9,14-16,18-21H,10-13H2,2H3,(H,31,32);2-7,12,14-15,17-20H,8-11H2,1H3,(H,31,32);2-7,12-14,16-19H,8-11H2,1H3,(H,30,31);2-7,12-18H,8-11H2,1H3,(H,30,31)/t16?,18?,19-,20+,21?;15?,17?,18-,19+,20?;14?,16?,17-,18+,19?;14?,15?,16-,17+,18?. The van der Waals surface area contributed by atoms with Crippen molar-refractivity contribution >= 4 is 90.4 Å². The molecule has 8 heterocycles. The Labute approximate surface area is 741 Å². The highest BCUT2D eigenvalue weighted by atomic mass is 35.5. The van der Waals surface area contributed by atoms with Crippen molar-refractivity contribution in [2.24, 2.45) is 71.0 Å². The highest BCUT2D eigenvalue weighted by molar-refractivity contribution is 6.30. The van der Waals surface area contributed by atoms with Crippen LogP contribution < -0.4 is 21.3 Å². The van der Waals surface area contributed by atoms with E-state index in [4.69, 9.17) is 34.9 Å². The molecule has 4 aromatic carbocycles. The fraction of sp³-hybridized carbons (Fsp3) is 0.388. The van der Waals surface area contributed by atoms with Crippen molar-refractivity contribution < 1.29 is 36.7 Å². The molecule has 8 aliphatic rings. The van der Waals surface area contributed by atoms with Crippen molar-refractivity contribution in [1.82, 2.24) is 61.1 Å². The van der Waals surface area contributed by atoms with Crippen molar-refractivity contribution in [3.8, 4) is 18.4 Å². The highest BCUT2D eigenvalue weighted by Crippen LogP contribution is 2.58. The fourth-order valence-electron chi connectivity index (χ4n) is 23.1. The minimum Gasteiger partial charge on any atom is -0.349 e. The Morgan fingerprint density at radius 2 is 0.643 bits per heavy atom. The van der Waals surface area contributed by atoms with E-state index in [0.29, 0.717) is 139 Å². The predicted octanol–water partition coefficient (Wildman–Crippen LogP) is 21.6. The van der Waals surface area contributed by atoms with Crippen LogP contribution in [-0.4, -0.2) is 87.7 Å². The molecular weight excluding hydrogens is 1630 g/mol. The van der Waals surface area contributed by atoms with E-state index in [9.17, 15) is 36.7 Å². The van der Waals surface area contributed by atoms with Crippen LogP contribution in [0, 0.1) is 118 Å². The number of rotatable bonds is 16. The Hall–Kier alpha value is -11.7. The number of carbonyl (C=O) groups excluding carboxylic acids is 4. The summed E-state index contributed by atoms with van der Waals surface area (Å²) < 4.78 is 55.4. The van der Waals surface area contributed by atoms with Gasteiger partial charge >= 0.3 is 0 Å². The summed E-state index contributed by atoms with van der Waals surface area (Å²) in [6.07, 6.45) is 36.6. The summed E-state index contributed by atoms with van der Waals surface area (Å²) in [5.74, 6) is 9.98. The van der Waals surface area contributed by atoms with E-state index in [-0.39, 0.29) is 71.1 Å². The molecule has 17 nitrogen and oxygen atoms in total. The summed E-state index contributed by atoms with van der Waals surface area (Å²) in [6, 6.07) is 43.3. The van der Waals surface area contributed by atoms with Crippen LogP contribution in [0.1, 0.15) is 229 Å². The van der Waals surface area contributed by atoms with Crippen molar-refractivity contribution in [3.63, 3.8) is 0 Å². The minimum absolute atomic E-state index is 0.0815. The van der Waals surface area contributed by atoms with Gasteiger partial charge < -0.3 is 21.3 Å². The Balaban J connectivity index is 0.000000119. The first-order valence-electron chi connectivity index (χ1n) is 44.4. The first kappa shape index (κ1) is 86.5. The molecule has 20 rings (SSSR count). The lowest BCUT2D eigenvalue weighted by atomic mass is 9.88. The summed E-state index contributed by atoms with van der Waals surface area (Å²) in [5, 5.41) is 26.1. The SMILES string of the molecule is C#Cc1ccc(C(=O)NC(C)C2C[C@H]3CC(c4ccnc5ccc(F)cc45)C[C@H]3C2)cn1.CC(NC(=O)c1ccc(C#N)nc1)C1C[C@H]2CC(c3ccnc4ccc(F)cc34)C[C@H]2C1.CC(NC(=O)c1ccc(Cl)cn1)C1C[C@H]2CC(c3ccnc4ccc(F)cc34)C[C@H]2C1.CC(NC(=O)c1ccc(Cl)nc1)C1C[C@H]2CC(c3ccnc4ccc(F)cc34)C[C@H]2C1. The molecule has 8 fully saturated rings. The van der Waals surface area contributed by atoms with Crippen LogP contribution in [0.4, 0.5) is 17.6 Å². The summed E-state index contributed by atoms with van der Waals surface area (Å²) in [6.45, 7) is 8.38. The van der Waals surface area contributed by atoms with Gasteiger partial charge in [0.1, 0.15) is 51.6 Å². The van der Waals surface area contributed by atoms with Gasteiger partial charge in [0.2, 0.25) is 0 Å². The van der Waals surface area contributed by atoms with E-state index in [1.165, 1.54) is 71.3 Å². The molecule has 0 radical (unpaired) electrons. The summed E-state index contributed by atoms with van der Waals surface area (Å²) in [5.41, 5.74) is 11.1. The summed E-state index contributed by atoms with van der Waals surface area (Å²) >= 11 is 11.7. The molecule has 12 unspecified atom stereocenters. The average Bonchev–Trinajstić information content (AvgIpc) is 1.63. The molecule has 0 spiro atoms. The molecule has 8 saturated carbocycles. The van der Waals surface area contributed by atoms with Crippen molar-refractivity contribution in [3.05, 3.63) is 285 Å². The molecule has 12 aromatic rings. The fourth-order valence-corrected chi connectivity index (χ4v) is 23.4. The van der Waals surface area contributed by atoms with Crippen LogP contribution in [0.15, 0.2) is 195 Å². The van der Waals surface area contributed by atoms with Gasteiger partial charge in [-0.1, -0.05) is 29.1 Å². The number of nitriles is 1. The van der Waals surface area contributed by atoms with Gasteiger partial charge in [-0.2, -0.15) is 5.26 Å². The number of nitrogens with one attached hydrogen (secondary N) is 4. The lowest BCUT2D eigenvalue weighted by molar-refractivity contribution is 0.0913. The number of nitrogens with zero attached hydrogens (tertiary/aromatic N) is 9. The molecule has 0 aliphatic heterocycles. The number of amides is 4. The molecule has 8 aromatic heterocycles. The third kappa shape index (κ3) is 19.3. The molecule has 4 N–H and O–H groups in total. The zero-order valence-corrected chi connectivity index (χ0v) is 72.4. The third-order valence-corrected chi connectivity index (χ3v) is 29.9. The van der Waals surface area contributed by atoms with Crippen LogP contribution in [0.2, 0.25) is 10.2 Å². The van der Waals surface area contributed by atoms with Gasteiger partial charge in [0, 0.05) is 95.3 Å². The van der Waals surface area contributed by atoms with E-state index in [0.717, 1.165) is 146 Å². The van der Waals surface area contributed by atoms with Gasteiger partial charge in [-0.05, 0) is 393 Å². The first-order chi connectivity index (χ1) is 61.0. The van der Waals surface area contributed by atoms with Crippen molar-refractivity contribution in [1.29, 1.82) is 5.26 Å². The lowest BCUT2D eigenvalue weighted by Gasteiger charge is -2.23. The normalized spacial score (nSPS) is 25.7. The Morgan fingerprint density at radius 3 is 0.905 bits per heavy atom.